The van der Waals surface area contributed by atoms with Crippen LogP contribution in [-0.2, 0) is 6.42 Å². The Labute approximate surface area is 92.6 Å². The summed E-state index contributed by atoms with van der Waals surface area (Å²) in [6.07, 6.45) is 0.167. The molecule has 1 aromatic heterocycles. The van der Waals surface area contributed by atoms with Gasteiger partial charge in [-0.05, 0) is 31.0 Å². The van der Waals surface area contributed by atoms with Gasteiger partial charge >= 0.3 is 0 Å². The molecule has 1 atom stereocenters. The first-order valence-electron chi connectivity index (χ1n) is 4.93. The zero-order valence-electron chi connectivity index (χ0n) is 8.60. The first kappa shape index (κ1) is 10.5. The van der Waals surface area contributed by atoms with E-state index in [2.05, 4.69) is 11.1 Å². The quantitative estimate of drug-likeness (QED) is 0.826. The molecule has 1 unspecified atom stereocenters. The Hall–Kier alpha value is -0.970. The van der Waals surface area contributed by atoms with Crippen molar-refractivity contribution in [3.8, 4) is 0 Å². The van der Waals surface area contributed by atoms with E-state index in [1.165, 1.54) is 4.70 Å². The fraction of sp³-hybridized carbons (Fsp3) is 0.364. The van der Waals surface area contributed by atoms with E-state index in [0.29, 0.717) is 13.0 Å². The van der Waals surface area contributed by atoms with Crippen LogP contribution in [0.25, 0.3) is 10.2 Å². The number of fused-ring (bicyclic) bond motifs is 1. The SMILES string of the molecule is Cc1nc2ccc(CC(O)CN)cc2s1. The number of aromatic nitrogens is 1. The van der Waals surface area contributed by atoms with Gasteiger partial charge < -0.3 is 10.8 Å². The van der Waals surface area contributed by atoms with Gasteiger partial charge in [0.1, 0.15) is 0 Å². The van der Waals surface area contributed by atoms with E-state index in [1.807, 2.05) is 19.1 Å². The van der Waals surface area contributed by atoms with Gasteiger partial charge in [0.2, 0.25) is 0 Å². The summed E-state index contributed by atoms with van der Waals surface area (Å²) in [5, 5.41) is 10.5. The van der Waals surface area contributed by atoms with Crippen molar-refractivity contribution < 1.29 is 5.11 Å². The topological polar surface area (TPSA) is 59.1 Å². The first-order chi connectivity index (χ1) is 7.19. The second-order valence-corrected chi connectivity index (χ2v) is 4.86. The van der Waals surface area contributed by atoms with Crippen molar-refractivity contribution in [2.45, 2.75) is 19.4 Å². The van der Waals surface area contributed by atoms with Crippen LogP contribution in [0, 0.1) is 6.92 Å². The molecule has 0 amide bonds. The van der Waals surface area contributed by atoms with Crippen LogP contribution in [0.15, 0.2) is 18.2 Å². The predicted molar refractivity (Wildman–Crippen MR) is 63.1 cm³/mol. The number of aliphatic hydroxyl groups excluding tert-OH is 1. The van der Waals surface area contributed by atoms with Crippen molar-refractivity contribution in [1.29, 1.82) is 0 Å². The van der Waals surface area contributed by atoms with E-state index in [1.54, 1.807) is 11.3 Å². The maximum atomic E-state index is 9.45. The minimum Gasteiger partial charge on any atom is -0.391 e. The van der Waals surface area contributed by atoms with E-state index in [9.17, 15) is 5.11 Å². The van der Waals surface area contributed by atoms with E-state index < -0.39 is 6.10 Å². The van der Waals surface area contributed by atoms with Crippen molar-refractivity contribution in [3.05, 3.63) is 28.8 Å². The standard InChI is InChI=1S/C11H14N2OS/c1-7-13-10-3-2-8(4-9(14)6-12)5-11(10)15-7/h2-3,5,9,14H,4,6,12H2,1H3. The fourth-order valence-electron chi connectivity index (χ4n) is 1.57. The second-order valence-electron chi connectivity index (χ2n) is 3.63. The Morgan fingerprint density at radius 1 is 1.53 bits per heavy atom. The summed E-state index contributed by atoms with van der Waals surface area (Å²) in [5.41, 5.74) is 7.52. The summed E-state index contributed by atoms with van der Waals surface area (Å²) in [7, 11) is 0. The second kappa shape index (κ2) is 4.26. The van der Waals surface area contributed by atoms with Gasteiger partial charge in [-0.3, -0.25) is 0 Å². The van der Waals surface area contributed by atoms with Gasteiger partial charge in [-0.2, -0.15) is 0 Å². The predicted octanol–water partition coefficient (Wildman–Crippen LogP) is 1.47. The summed E-state index contributed by atoms with van der Waals surface area (Å²) in [6, 6.07) is 6.08. The molecule has 1 aromatic carbocycles. The lowest BCUT2D eigenvalue weighted by Crippen LogP contribution is -2.21. The molecule has 0 saturated heterocycles. The van der Waals surface area contributed by atoms with Gasteiger partial charge in [0.25, 0.3) is 0 Å². The number of nitrogens with two attached hydrogens (primary N) is 1. The average molecular weight is 222 g/mol. The van der Waals surface area contributed by atoms with Crippen LogP contribution < -0.4 is 5.73 Å². The van der Waals surface area contributed by atoms with Crippen LogP contribution >= 0.6 is 11.3 Å². The third-order valence-corrected chi connectivity index (χ3v) is 3.24. The number of rotatable bonds is 3. The van der Waals surface area contributed by atoms with Gasteiger partial charge in [0.05, 0.1) is 21.3 Å². The maximum Gasteiger partial charge on any atom is 0.0907 e. The maximum absolute atomic E-state index is 9.45. The highest BCUT2D eigenvalue weighted by Gasteiger charge is 2.05. The van der Waals surface area contributed by atoms with Crippen LogP contribution in [0.3, 0.4) is 0 Å². The number of nitrogens with zero attached hydrogens (tertiary/aromatic N) is 1. The van der Waals surface area contributed by atoms with E-state index in [-0.39, 0.29) is 0 Å². The largest absolute Gasteiger partial charge is 0.391 e. The Bertz CT molecular complexity index is 467. The monoisotopic (exact) mass is 222 g/mol. The molecule has 0 spiro atoms. The lowest BCUT2D eigenvalue weighted by Gasteiger charge is -2.06. The first-order valence-corrected chi connectivity index (χ1v) is 5.75. The van der Waals surface area contributed by atoms with Gasteiger partial charge in [-0.1, -0.05) is 6.07 Å². The summed E-state index contributed by atoms with van der Waals surface area (Å²) >= 11 is 1.68. The number of aliphatic hydroxyl groups is 1. The van der Waals surface area contributed by atoms with Crippen molar-refractivity contribution in [1.82, 2.24) is 4.98 Å². The lowest BCUT2D eigenvalue weighted by molar-refractivity contribution is 0.183. The van der Waals surface area contributed by atoms with E-state index in [4.69, 9.17) is 5.73 Å². The highest BCUT2D eigenvalue weighted by atomic mass is 32.1. The Morgan fingerprint density at radius 3 is 3.07 bits per heavy atom. The van der Waals surface area contributed by atoms with Crippen LogP contribution in [0.2, 0.25) is 0 Å². The summed E-state index contributed by atoms with van der Waals surface area (Å²) in [6.45, 7) is 2.30. The molecule has 4 heteroatoms. The van der Waals surface area contributed by atoms with Crippen molar-refractivity contribution >= 4 is 21.6 Å². The summed E-state index contributed by atoms with van der Waals surface area (Å²) in [4.78, 5) is 4.38. The Kier molecular flexibility index (Phi) is 3.00. The molecule has 0 aliphatic heterocycles. The Balaban J connectivity index is 2.30. The van der Waals surface area contributed by atoms with Gasteiger partial charge in [0, 0.05) is 6.54 Å². The molecule has 2 aromatic rings. The van der Waals surface area contributed by atoms with Gasteiger partial charge in [0.15, 0.2) is 0 Å². The lowest BCUT2D eigenvalue weighted by atomic mass is 10.1. The molecular formula is C11H14N2OS. The molecule has 0 bridgehead atoms. The molecular weight excluding hydrogens is 208 g/mol. The smallest absolute Gasteiger partial charge is 0.0907 e. The minimum absolute atomic E-state index is 0.305. The normalized spacial score (nSPS) is 13.3. The average Bonchev–Trinajstić information content (AvgIpc) is 2.57. The van der Waals surface area contributed by atoms with E-state index >= 15 is 0 Å². The summed E-state index contributed by atoms with van der Waals surface area (Å²) < 4.78 is 1.18. The highest BCUT2D eigenvalue weighted by molar-refractivity contribution is 7.18. The van der Waals surface area contributed by atoms with Gasteiger partial charge in [-0.15, -0.1) is 11.3 Å². The van der Waals surface area contributed by atoms with Crippen molar-refractivity contribution in [2.75, 3.05) is 6.54 Å². The zero-order valence-corrected chi connectivity index (χ0v) is 9.42. The number of hydrogen-bond donors (Lipinski definition) is 2. The fourth-order valence-corrected chi connectivity index (χ4v) is 2.46. The number of thiazole rings is 1. The van der Waals surface area contributed by atoms with Crippen LogP contribution in [0.1, 0.15) is 10.6 Å². The molecule has 15 heavy (non-hydrogen) atoms. The Morgan fingerprint density at radius 2 is 2.33 bits per heavy atom. The third-order valence-electron chi connectivity index (χ3n) is 2.30. The van der Waals surface area contributed by atoms with Crippen molar-refractivity contribution in [3.63, 3.8) is 0 Å². The molecule has 2 rings (SSSR count). The van der Waals surface area contributed by atoms with Crippen LogP contribution in [0.5, 0.6) is 0 Å². The van der Waals surface area contributed by atoms with Crippen LogP contribution in [-0.4, -0.2) is 22.7 Å². The minimum atomic E-state index is -0.448. The molecule has 0 saturated carbocycles. The molecule has 0 aliphatic carbocycles. The third kappa shape index (κ3) is 2.34. The molecule has 0 aliphatic rings. The molecule has 0 fully saturated rings. The summed E-state index contributed by atoms with van der Waals surface area (Å²) in [5.74, 6) is 0. The van der Waals surface area contributed by atoms with E-state index in [0.717, 1.165) is 16.1 Å². The molecule has 3 nitrogen and oxygen atoms in total. The number of benzene rings is 1. The molecule has 3 N–H and O–H groups in total. The molecule has 1 heterocycles. The van der Waals surface area contributed by atoms with Gasteiger partial charge in [-0.25, -0.2) is 4.98 Å². The van der Waals surface area contributed by atoms with Crippen molar-refractivity contribution in [2.24, 2.45) is 5.73 Å². The molecule has 80 valence electrons. The number of aryl methyl sites for hydroxylation is 1. The highest BCUT2D eigenvalue weighted by Crippen LogP contribution is 2.23. The zero-order chi connectivity index (χ0) is 10.8. The number of hydrogen-bond acceptors (Lipinski definition) is 4. The molecule has 0 radical (unpaired) electrons. The van der Waals surface area contributed by atoms with Crippen LogP contribution in [0.4, 0.5) is 0 Å².